The van der Waals surface area contributed by atoms with Crippen LogP contribution in [0, 0.1) is 11.8 Å². The largest absolute Gasteiger partial charge is 0.461 e. The van der Waals surface area contributed by atoms with Crippen molar-refractivity contribution in [2.75, 3.05) is 19.8 Å². The van der Waals surface area contributed by atoms with Crippen molar-refractivity contribution in [2.45, 2.75) is 76.3 Å². The molecule has 3 aliphatic rings. The number of rotatable bonds is 9. The number of amides is 2. The number of aliphatic hydroxyl groups excluding tert-OH is 1. The lowest BCUT2D eigenvalue weighted by atomic mass is 9.70. The van der Waals surface area contributed by atoms with Crippen LogP contribution in [-0.2, 0) is 23.9 Å². The van der Waals surface area contributed by atoms with Gasteiger partial charge in [-0.3, -0.25) is 14.4 Å². The van der Waals surface area contributed by atoms with E-state index >= 15 is 0 Å². The Balaban J connectivity index is 2.09. The summed E-state index contributed by atoms with van der Waals surface area (Å²) in [5, 5.41) is 10.0. The van der Waals surface area contributed by atoms with Gasteiger partial charge >= 0.3 is 5.97 Å². The molecule has 178 valence electrons. The van der Waals surface area contributed by atoms with Crippen LogP contribution in [0.1, 0.15) is 47.0 Å². The SMILES string of the molecule is C=CCOC(=O)[C@@H]1[C@H]2C(=O)N([C@@H](CC)CO)C(C(=O)N(CC=C)C(C)(C)C)C23CC[C@H]1O3. The molecule has 0 aromatic rings. The van der Waals surface area contributed by atoms with Gasteiger partial charge in [0.2, 0.25) is 11.8 Å². The summed E-state index contributed by atoms with van der Waals surface area (Å²) in [5.74, 6) is -2.65. The van der Waals surface area contributed by atoms with E-state index in [1.54, 1.807) is 11.0 Å². The van der Waals surface area contributed by atoms with Crippen LogP contribution < -0.4 is 0 Å². The quantitative estimate of drug-likeness (QED) is 0.426. The molecule has 0 aromatic heterocycles. The van der Waals surface area contributed by atoms with E-state index in [-0.39, 0.29) is 25.0 Å². The first kappa shape index (κ1) is 24.5. The molecule has 0 saturated carbocycles. The van der Waals surface area contributed by atoms with Gasteiger partial charge in [0.25, 0.3) is 0 Å². The second kappa shape index (κ2) is 8.98. The van der Waals surface area contributed by atoms with Gasteiger partial charge < -0.3 is 24.4 Å². The lowest BCUT2D eigenvalue weighted by Crippen LogP contribution is -2.61. The molecule has 0 radical (unpaired) electrons. The lowest BCUT2D eigenvalue weighted by molar-refractivity contribution is -0.157. The van der Waals surface area contributed by atoms with Gasteiger partial charge in [0.05, 0.1) is 30.6 Å². The molecule has 2 amide bonds. The zero-order chi connectivity index (χ0) is 23.8. The third-order valence-electron chi connectivity index (χ3n) is 7.05. The molecule has 3 saturated heterocycles. The van der Waals surface area contributed by atoms with E-state index < -0.39 is 47.1 Å². The maximum absolute atomic E-state index is 14.0. The first-order chi connectivity index (χ1) is 15.1. The van der Waals surface area contributed by atoms with Crippen LogP contribution in [-0.4, -0.2) is 81.8 Å². The lowest BCUT2D eigenvalue weighted by Gasteiger charge is -2.43. The van der Waals surface area contributed by atoms with Crippen LogP contribution in [0.15, 0.2) is 25.3 Å². The smallest absolute Gasteiger partial charge is 0.312 e. The van der Waals surface area contributed by atoms with Gasteiger partial charge in [0.1, 0.15) is 18.2 Å². The van der Waals surface area contributed by atoms with Crippen LogP contribution in [0.3, 0.4) is 0 Å². The standard InChI is InChI=1S/C24H36N2O6/c1-7-12-25(23(4,5)6)21(29)19-24-11-10-16(32-24)17(22(30)31-13-8-2)18(24)20(28)26(19)15(9-3)14-27/h7-8,15-19,27H,1-2,9-14H2,3-6H3/t15-,16+,17-,18-,19?,24?/m0/s1. The number of hydrogen-bond acceptors (Lipinski definition) is 6. The third kappa shape index (κ3) is 3.67. The summed E-state index contributed by atoms with van der Waals surface area (Å²) in [6.45, 7) is 15.1. The van der Waals surface area contributed by atoms with Gasteiger partial charge in [0, 0.05) is 12.1 Å². The average Bonchev–Trinajstić information content (AvgIpc) is 3.38. The molecule has 32 heavy (non-hydrogen) atoms. The maximum atomic E-state index is 14.0. The molecule has 2 bridgehead atoms. The first-order valence-electron chi connectivity index (χ1n) is 11.4. The fourth-order valence-electron chi connectivity index (χ4n) is 5.65. The molecule has 2 unspecified atom stereocenters. The molecule has 8 heteroatoms. The molecule has 0 aliphatic carbocycles. The summed E-state index contributed by atoms with van der Waals surface area (Å²) >= 11 is 0. The maximum Gasteiger partial charge on any atom is 0.312 e. The molecule has 3 aliphatic heterocycles. The van der Waals surface area contributed by atoms with E-state index in [4.69, 9.17) is 9.47 Å². The number of carbonyl (C=O) groups is 3. The average molecular weight is 449 g/mol. The molecular weight excluding hydrogens is 412 g/mol. The van der Waals surface area contributed by atoms with Gasteiger partial charge in [0.15, 0.2) is 0 Å². The third-order valence-corrected chi connectivity index (χ3v) is 7.05. The van der Waals surface area contributed by atoms with Gasteiger partial charge in [-0.05, 0) is 40.0 Å². The number of nitrogens with zero attached hydrogens (tertiary/aromatic N) is 2. The van der Waals surface area contributed by atoms with E-state index in [1.807, 2.05) is 27.7 Å². The van der Waals surface area contributed by atoms with Gasteiger partial charge in [-0.15, -0.1) is 6.58 Å². The van der Waals surface area contributed by atoms with Crippen LogP contribution >= 0.6 is 0 Å². The Labute approximate surface area is 190 Å². The Morgan fingerprint density at radius 3 is 2.59 bits per heavy atom. The number of fused-ring (bicyclic) bond motifs is 1. The summed E-state index contributed by atoms with van der Waals surface area (Å²) in [4.78, 5) is 43.9. The van der Waals surface area contributed by atoms with Crippen LogP contribution in [0.5, 0.6) is 0 Å². The highest BCUT2D eigenvalue weighted by molar-refractivity contribution is 5.98. The minimum absolute atomic E-state index is 0.0490. The molecule has 8 nitrogen and oxygen atoms in total. The van der Waals surface area contributed by atoms with E-state index in [1.165, 1.54) is 11.0 Å². The number of ether oxygens (including phenoxy) is 2. The Hall–Kier alpha value is -2.19. The highest BCUT2D eigenvalue weighted by atomic mass is 16.6. The second-order valence-corrected chi connectivity index (χ2v) is 9.87. The Kier molecular flexibility index (Phi) is 6.86. The zero-order valence-corrected chi connectivity index (χ0v) is 19.6. The number of carbonyl (C=O) groups excluding carboxylic acids is 3. The monoisotopic (exact) mass is 448 g/mol. The summed E-state index contributed by atoms with van der Waals surface area (Å²) in [7, 11) is 0. The van der Waals surface area contributed by atoms with E-state index in [0.717, 1.165) is 0 Å². The number of aliphatic hydroxyl groups is 1. The highest BCUT2D eigenvalue weighted by Crippen LogP contribution is 2.59. The second-order valence-electron chi connectivity index (χ2n) is 9.87. The van der Waals surface area contributed by atoms with Crippen molar-refractivity contribution < 1.29 is 29.0 Å². The van der Waals surface area contributed by atoms with Crippen molar-refractivity contribution >= 4 is 17.8 Å². The molecule has 3 fully saturated rings. The fourth-order valence-corrected chi connectivity index (χ4v) is 5.65. The number of hydrogen-bond donors (Lipinski definition) is 1. The van der Waals surface area contributed by atoms with Crippen molar-refractivity contribution in [3.8, 4) is 0 Å². The van der Waals surface area contributed by atoms with Gasteiger partial charge in [-0.1, -0.05) is 25.7 Å². The summed E-state index contributed by atoms with van der Waals surface area (Å²) in [6, 6.07) is -1.46. The number of likely N-dealkylation sites (tertiary alicyclic amines) is 1. The Morgan fingerprint density at radius 1 is 1.38 bits per heavy atom. The van der Waals surface area contributed by atoms with Crippen LogP contribution in [0.2, 0.25) is 0 Å². The molecular formula is C24H36N2O6. The Morgan fingerprint density at radius 2 is 2.06 bits per heavy atom. The minimum Gasteiger partial charge on any atom is -0.461 e. The molecule has 6 atom stereocenters. The molecule has 0 aromatic carbocycles. The van der Waals surface area contributed by atoms with Crippen molar-refractivity contribution in [3.05, 3.63) is 25.3 Å². The Bertz CT molecular complexity index is 786. The van der Waals surface area contributed by atoms with Crippen molar-refractivity contribution in [1.82, 2.24) is 9.80 Å². The first-order valence-corrected chi connectivity index (χ1v) is 11.4. The van der Waals surface area contributed by atoms with Gasteiger partial charge in [-0.2, -0.15) is 0 Å². The zero-order valence-electron chi connectivity index (χ0n) is 19.6. The van der Waals surface area contributed by atoms with Crippen LogP contribution in [0.25, 0.3) is 0 Å². The van der Waals surface area contributed by atoms with E-state index in [9.17, 15) is 19.5 Å². The molecule has 3 rings (SSSR count). The molecule has 3 heterocycles. The van der Waals surface area contributed by atoms with Crippen molar-refractivity contribution in [1.29, 1.82) is 0 Å². The normalized spacial score (nSPS) is 31.9. The highest BCUT2D eigenvalue weighted by Gasteiger charge is 2.75. The number of esters is 1. The fraction of sp³-hybridized carbons (Fsp3) is 0.708. The minimum atomic E-state index is -1.11. The predicted octanol–water partition coefficient (Wildman–Crippen LogP) is 1.67. The molecule has 1 N–H and O–H groups in total. The van der Waals surface area contributed by atoms with Crippen molar-refractivity contribution in [3.63, 3.8) is 0 Å². The van der Waals surface area contributed by atoms with E-state index in [0.29, 0.717) is 25.8 Å². The van der Waals surface area contributed by atoms with Crippen molar-refractivity contribution in [2.24, 2.45) is 11.8 Å². The van der Waals surface area contributed by atoms with E-state index in [2.05, 4.69) is 13.2 Å². The topological polar surface area (TPSA) is 96.4 Å². The summed E-state index contributed by atoms with van der Waals surface area (Å²) in [6.07, 6.45) is 4.22. The van der Waals surface area contributed by atoms with Crippen LogP contribution in [0.4, 0.5) is 0 Å². The van der Waals surface area contributed by atoms with Gasteiger partial charge in [-0.25, -0.2) is 0 Å². The summed E-state index contributed by atoms with van der Waals surface area (Å²) in [5.41, 5.74) is -1.63. The summed E-state index contributed by atoms with van der Waals surface area (Å²) < 4.78 is 11.7. The predicted molar refractivity (Wildman–Crippen MR) is 118 cm³/mol. The molecule has 1 spiro atoms.